The van der Waals surface area contributed by atoms with Crippen LogP contribution in [0.1, 0.15) is 30.4 Å². The Morgan fingerprint density at radius 1 is 1.12 bits per heavy atom. The molecule has 0 saturated carbocycles. The second-order valence-electron chi connectivity index (χ2n) is 4.43. The van der Waals surface area contributed by atoms with Gasteiger partial charge in [-0.05, 0) is 36.8 Å². The summed E-state index contributed by atoms with van der Waals surface area (Å²) in [6, 6.07) is 4.17. The van der Waals surface area contributed by atoms with Gasteiger partial charge in [-0.1, -0.05) is 18.6 Å². The first-order valence-corrected chi connectivity index (χ1v) is 5.84. The first kappa shape index (κ1) is 9.58. The minimum Gasteiger partial charge on any atom is -0.267 e. The molecule has 0 spiro atoms. The van der Waals surface area contributed by atoms with Crippen LogP contribution in [-0.2, 0) is 12.8 Å². The molecule has 82 valence electrons. The Kier molecular flexibility index (Phi) is 2.24. The first-order valence-electron chi connectivity index (χ1n) is 5.84. The lowest BCUT2D eigenvalue weighted by Gasteiger charge is -2.08. The molecule has 1 N–H and O–H groups in total. The molecular weight excluding hydrogens is 200 g/mol. The Hall–Kier alpha value is -1.64. The number of nitrogens with zero attached hydrogens (tertiary/aromatic N) is 1. The van der Waals surface area contributed by atoms with E-state index in [0.29, 0.717) is 0 Å². The maximum absolute atomic E-state index is 11.8. The Labute approximate surface area is 93.5 Å². The van der Waals surface area contributed by atoms with Gasteiger partial charge in [0.2, 0.25) is 0 Å². The molecule has 3 rings (SSSR count). The van der Waals surface area contributed by atoms with Gasteiger partial charge in [0.25, 0.3) is 5.56 Å². The number of hydrogen-bond donors (Lipinski definition) is 1. The first-order chi connectivity index (χ1) is 7.86. The molecule has 0 aliphatic heterocycles. The fourth-order valence-electron chi connectivity index (χ4n) is 2.61. The average molecular weight is 214 g/mol. The zero-order valence-electron chi connectivity index (χ0n) is 9.12. The average Bonchev–Trinajstić information content (AvgIpc) is 2.54. The molecule has 0 bridgehead atoms. The van der Waals surface area contributed by atoms with Gasteiger partial charge < -0.3 is 0 Å². The van der Waals surface area contributed by atoms with Crippen LogP contribution in [0.4, 0.5) is 0 Å². The molecule has 3 nitrogen and oxygen atoms in total. The highest BCUT2D eigenvalue weighted by molar-refractivity contribution is 5.85. The van der Waals surface area contributed by atoms with Crippen LogP contribution in [0.5, 0.6) is 0 Å². The van der Waals surface area contributed by atoms with E-state index >= 15 is 0 Å². The van der Waals surface area contributed by atoms with Gasteiger partial charge >= 0.3 is 0 Å². The topological polar surface area (TPSA) is 45.8 Å². The normalized spacial score (nSPS) is 15.8. The zero-order valence-corrected chi connectivity index (χ0v) is 9.12. The van der Waals surface area contributed by atoms with Crippen molar-refractivity contribution < 1.29 is 0 Å². The van der Waals surface area contributed by atoms with Crippen molar-refractivity contribution in [1.82, 2.24) is 10.2 Å². The van der Waals surface area contributed by atoms with Gasteiger partial charge in [0.15, 0.2) is 0 Å². The summed E-state index contributed by atoms with van der Waals surface area (Å²) in [7, 11) is 0. The number of aromatic nitrogens is 2. The van der Waals surface area contributed by atoms with E-state index in [1.807, 2.05) is 6.07 Å². The fourth-order valence-corrected chi connectivity index (χ4v) is 2.61. The number of benzene rings is 1. The molecule has 1 aliphatic carbocycles. The Balaban J connectivity index is 2.37. The summed E-state index contributed by atoms with van der Waals surface area (Å²) in [5, 5.41) is 8.20. The summed E-state index contributed by atoms with van der Waals surface area (Å²) in [6.45, 7) is 0. The van der Waals surface area contributed by atoms with Crippen LogP contribution < -0.4 is 5.56 Å². The van der Waals surface area contributed by atoms with Crippen molar-refractivity contribution in [3.63, 3.8) is 0 Å². The van der Waals surface area contributed by atoms with Crippen LogP contribution in [0, 0.1) is 0 Å². The predicted octanol–water partition coefficient (Wildman–Crippen LogP) is 2.19. The van der Waals surface area contributed by atoms with E-state index in [1.165, 1.54) is 30.4 Å². The molecular formula is C13H14N2O. The molecule has 0 fully saturated rings. The highest BCUT2D eigenvalue weighted by atomic mass is 16.1. The third-order valence-corrected chi connectivity index (χ3v) is 3.41. The SMILES string of the molecule is O=c1[nH]ncc2ccc3c(c12)CCCCC3. The van der Waals surface area contributed by atoms with Gasteiger partial charge in [0, 0.05) is 5.39 Å². The highest BCUT2D eigenvalue weighted by Gasteiger charge is 2.13. The molecule has 0 amide bonds. The van der Waals surface area contributed by atoms with Crippen LogP contribution in [0.3, 0.4) is 0 Å². The Morgan fingerprint density at radius 3 is 2.94 bits per heavy atom. The lowest BCUT2D eigenvalue weighted by atomic mass is 9.97. The summed E-state index contributed by atoms with van der Waals surface area (Å²) in [4.78, 5) is 11.8. The van der Waals surface area contributed by atoms with E-state index in [-0.39, 0.29) is 5.56 Å². The monoisotopic (exact) mass is 214 g/mol. The van der Waals surface area contributed by atoms with E-state index in [2.05, 4.69) is 16.3 Å². The van der Waals surface area contributed by atoms with E-state index in [9.17, 15) is 4.79 Å². The lowest BCUT2D eigenvalue weighted by Crippen LogP contribution is -2.11. The zero-order chi connectivity index (χ0) is 11.0. The molecule has 0 atom stereocenters. The van der Waals surface area contributed by atoms with Crippen molar-refractivity contribution in [3.8, 4) is 0 Å². The van der Waals surface area contributed by atoms with Crippen molar-refractivity contribution in [2.75, 3.05) is 0 Å². The maximum Gasteiger partial charge on any atom is 0.272 e. The van der Waals surface area contributed by atoms with Crippen molar-refractivity contribution in [2.24, 2.45) is 0 Å². The van der Waals surface area contributed by atoms with Gasteiger partial charge in [-0.25, -0.2) is 5.10 Å². The predicted molar refractivity (Wildman–Crippen MR) is 63.6 cm³/mol. The minimum atomic E-state index is -0.0451. The molecule has 16 heavy (non-hydrogen) atoms. The Morgan fingerprint density at radius 2 is 2.00 bits per heavy atom. The third kappa shape index (κ3) is 1.43. The molecule has 0 radical (unpaired) electrons. The van der Waals surface area contributed by atoms with E-state index in [4.69, 9.17) is 0 Å². The van der Waals surface area contributed by atoms with Crippen LogP contribution in [-0.4, -0.2) is 10.2 Å². The summed E-state index contributed by atoms with van der Waals surface area (Å²) < 4.78 is 0. The minimum absolute atomic E-state index is 0.0451. The lowest BCUT2D eigenvalue weighted by molar-refractivity contribution is 0.712. The molecule has 0 unspecified atom stereocenters. The largest absolute Gasteiger partial charge is 0.272 e. The van der Waals surface area contributed by atoms with Crippen molar-refractivity contribution in [3.05, 3.63) is 39.8 Å². The summed E-state index contributed by atoms with van der Waals surface area (Å²) in [6.07, 6.45) is 7.56. The van der Waals surface area contributed by atoms with Crippen LogP contribution in [0.25, 0.3) is 10.8 Å². The highest BCUT2D eigenvalue weighted by Crippen LogP contribution is 2.25. The van der Waals surface area contributed by atoms with Crippen LogP contribution in [0.2, 0.25) is 0 Å². The number of aryl methyl sites for hydroxylation is 2. The van der Waals surface area contributed by atoms with E-state index in [0.717, 1.165) is 23.6 Å². The second kappa shape index (κ2) is 3.74. The molecule has 1 heterocycles. The number of nitrogens with one attached hydrogen (secondary N) is 1. The number of aromatic amines is 1. The molecule has 2 aromatic rings. The molecule has 0 saturated heterocycles. The summed E-state index contributed by atoms with van der Waals surface area (Å²) >= 11 is 0. The van der Waals surface area contributed by atoms with Gasteiger partial charge in [0.05, 0.1) is 11.6 Å². The summed E-state index contributed by atoms with van der Waals surface area (Å²) in [5.41, 5.74) is 2.55. The molecule has 3 heteroatoms. The third-order valence-electron chi connectivity index (χ3n) is 3.41. The van der Waals surface area contributed by atoms with Gasteiger partial charge in [-0.15, -0.1) is 0 Å². The molecule has 1 aromatic heterocycles. The van der Waals surface area contributed by atoms with E-state index in [1.54, 1.807) is 6.20 Å². The van der Waals surface area contributed by atoms with E-state index < -0.39 is 0 Å². The fraction of sp³-hybridized carbons (Fsp3) is 0.385. The quantitative estimate of drug-likeness (QED) is 0.683. The maximum atomic E-state index is 11.8. The van der Waals surface area contributed by atoms with Gasteiger partial charge in [0.1, 0.15) is 0 Å². The van der Waals surface area contributed by atoms with Crippen molar-refractivity contribution in [1.29, 1.82) is 0 Å². The Bertz CT molecular complexity index is 586. The number of H-pyrrole nitrogens is 1. The van der Waals surface area contributed by atoms with Crippen molar-refractivity contribution >= 4 is 10.8 Å². The number of hydrogen-bond acceptors (Lipinski definition) is 2. The standard InChI is InChI=1S/C13H14N2O/c16-13-12-10(8-14-15-13)7-6-9-4-2-1-3-5-11(9)12/h6-8H,1-5H2,(H,15,16). The van der Waals surface area contributed by atoms with Gasteiger partial charge in [-0.2, -0.15) is 5.10 Å². The second-order valence-corrected chi connectivity index (χ2v) is 4.43. The van der Waals surface area contributed by atoms with Crippen LogP contribution >= 0.6 is 0 Å². The molecule has 1 aromatic carbocycles. The van der Waals surface area contributed by atoms with Gasteiger partial charge in [-0.3, -0.25) is 4.79 Å². The number of fused-ring (bicyclic) bond motifs is 3. The smallest absolute Gasteiger partial charge is 0.267 e. The molecule has 1 aliphatic rings. The summed E-state index contributed by atoms with van der Waals surface area (Å²) in [5.74, 6) is 0. The van der Waals surface area contributed by atoms with Crippen LogP contribution in [0.15, 0.2) is 23.1 Å². The van der Waals surface area contributed by atoms with Crippen molar-refractivity contribution in [2.45, 2.75) is 32.1 Å². The number of rotatable bonds is 0.